The van der Waals surface area contributed by atoms with Crippen LogP contribution in [0.2, 0.25) is 0 Å². The van der Waals surface area contributed by atoms with Crippen LogP contribution in [0.5, 0.6) is 0 Å². The number of hydrogen-bond donors (Lipinski definition) is 1. The average Bonchev–Trinajstić information content (AvgIpc) is 2.35. The number of benzene rings is 1. The van der Waals surface area contributed by atoms with Crippen molar-refractivity contribution in [1.82, 2.24) is 0 Å². The number of hydrogen-bond acceptors (Lipinski definition) is 3. The Hall–Kier alpha value is -1.46. The standard InChI is InChI=1S/C13H17FO4/c1-2-5-17-6-7-18-9-11-4-3-10(13(15)16)8-12(11)14/h3-4,8H,2,5-7,9H2,1H3,(H,15,16). The molecule has 0 saturated carbocycles. The van der Waals surface area contributed by atoms with Crippen molar-refractivity contribution in [2.45, 2.75) is 20.0 Å². The highest BCUT2D eigenvalue weighted by atomic mass is 19.1. The van der Waals surface area contributed by atoms with Crippen molar-refractivity contribution in [3.63, 3.8) is 0 Å². The average molecular weight is 256 g/mol. The number of carboxylic acids is 1. The molecule has 0 bridgehead atoms. The van der Waals surface area contributed by atoms with E-state index in [9.17, 15) is 9.18 Å². The highest BCUT2D eigenvalue weighted by Gasteiger charge is 2.08. The Morgan fingerprint density at radius 1 is 1.28 bits per heavy atom. The fourth-order valence-electron chi connectivity index (χ4n) is 1.34. The van der Waals surface area contributed by atoms with Crippen molar-refractivity contribution < 1.29 is 23.8 Å². The molecule has 0 aliphatic rings. The number of ether oxygens (including phenoxy) is 2. The van der Waals surface area contributed by atoms with E-state index < -0.39 is 11.8 Å². The molecule has 0 unspecified atom stereocenters. The molecule has 0 aliphatic carbocycles. The maximum atomic E-state index is 13.5. The van der Waals surface area contributed by atoms with Crippen LogP contribution in [-0.4, -0.2) is 30.9 Å². The molecule has 0 heterocycles. The van der Waals surface area contributed by atoms with Crippen molar-refractivity contribution in [2.24, 2.45) is 0 Å². The topological polar surface area (TPSA) is 55.8 Å². The van der Waals surface area contributed by atoms with E-state index in [1.54, 1.807) is 0 Å². The predicted molar refractivity (Wildman–Crippen MR) is 64.1 cm³/mol. The van der Waals surface area contributed by atoms with E-state index in [4.69, 9.17) is 14.6 Å². The second kappa shape index (κ2) is 7.79. The maximum Gasteiger partial charge on any atom is 0.335 e. The van der Waals surface area contributed by atoms with Crippen molar-refractivity contribution >= 4 is 5.97 Å². The first-order valence-corrected chi connectivity index (χ1v) is 5.82. The maximum absolute atomic E-state index is 13.5. The summed E-state index contributed by atoms with van der Waals surface area (Å²) in [6.07, 6.45) is 0.950. The molecule has 0 aromatic heterocycles. The van der Waals surface area contributed by atoms with Gasteiger partial charge in [0.15, 0.2) is 0 Å². The van der Waals surface area contributed by atoms with Crippen LogP contribution in [0.3, 0.4) is 0 Å². The van der Waals surface area contributed by atoms with Crippen LogP contribution >= 0.6 is 0 Å². The van der Waals surface area contributed by atoms with Crippen LogP contribution in [0, 0.1) is 5.82 Å². The molecule has 100 valence electrons. The van der Waals surface area contributed by atoms with Gasteiger partial charge >= 0.3 is 5.97 Å². The van der Waals surface area contributed by atoms with Crippen molar-refractivity contribution in [3.8, 4) is 0 Å². The summed E-state index contributed by atoms with van der Waals surface area (Å²) in [6, 6.07) is 3.78. The molecule has 1 rings (SSSR count). The number of aromatic carboxylic acids is 1. The Bertz CT molecular complexity index is 393. The first kappa shape index (κ1) is 14.6. The number of carbonyl (C=O) groups is 1. The smallest absolute Gasteiger partial charge is 0.335 e. The molecule has 0 saturated heterocycles. The predicted octanol–water partition coefficient (Wildman–Crippen LogP) is 2.47. The Kier molecular flexibility index (Phi) is 6.32. The molecular weight excluding hydrogens is 239 g/mol. The van der Waals surface area contributed by atoms with Gasteiger partial charge in [0, 0.05) is 12.2 Å². The SMILES string of the molecule is CCCOCCOCc1ccc(C(=O)O)cc1F. The molecule has 1 aromatic carbocycles. The highest BCUT2D eigenvalue weighted by molar-refractivity contribution is 5.87. The monoisotopic (exact) mass is 256 g/mol. The molecule has 1 N–H and O–H groups in total. The fourth-order valence-corrected chi connectivity index (χ4v) is 1.34. The zero-order chi connectivity index (χ0) is 13.4. The first-order chi connectivity index (χ1) is 8.65. The quantitative estimate of drug-likeness (QED) is 0.726. The van der Waals surface area contributed by atoms with E-state index in [-0.39, 0.29) is 12.2 Å². The van der Waals surface area contributed by atoms with Crippen LogP contribution in [0.1, 0.15) is 29.3 Å². The third-order valence-electron chi connectivity index (χ3n) is 2.28. The molecule has 0 amide bonds. The summed E-state index contributed by atoms with van der Waals surface area (Å²) >= 11 is 0. The molecule has 0 spiro atoms. The van der Waals surface area contributed by atoms with Crippen LogP contribution in [0.15, 0.2) is 18.2 Å². The first-order valence-electron chi connectivity index (χ1n) is 5.82. The lowest BCUT2D eigenvalue weighted by atomic mass is 10.1. The van der Waals surface area contributed by atoms with Gasteiger partial charge in [-0.1, -0.05) is 13.0 Å². The van der Waals surface area contributed by atoms with Crippen molar-refractivity contribution in [1.29, 1.82) is 0 Å². The summed E-state index contributed by atoms with van der Waals surface area (Å²) in [5, 5.41) is 8.68. The third kappa shape index (κ3) is 4.81. The van der Waals surface area contributed by atoms with E-state index in [1.807, 2.05) is 6.92 Å². The van der Waals surface area contributed by atoms with Crippen LogP contribution in [-0.2, 0) is 16.1 Å². The van der Waals surface area contributed by atoms with Gasteiger partial charge in [-0.2, -0.15) is 0 Å². The van der Waals surface area contributed by atoms with Gasteiger partial charge in [-0.25, -0.2) is 9.18 Å². The Labute approximate surface area is 105 Å². The second-order valence-corrected chi connectivity index (χ2v) is 3.78. The fraction of sp³-hybridized carbons (Fsp3) is 0.462. The van der Waals surface area contributed by atoms with E-state index >= 15 is 0 Å². The lowest BCUT2D eigenvalue weighted by Crippen LogP contribution is -2.06. The largest absolute Gasteiger partial charge is 0.478 e. The molecule has 18 heavy (non-hydrogen) atoms. The van der Waals surface area contributed by atoms with Gasteiger partial charge in [-0.3, -0.25) is 0 Å². The summed E-state index contributed by atoms with van der Waals surface area (Å²) in [7, 11) is 0. The molecule has 4 nitrogen and oxygen atoms in total. The summed E-state index contributed by atoms with van der Waals surface area (Å²) in [6.45, 7) is 3.68. The molecule has 0 fully saturated rings. The molecular formula is C13H17FO4. The van der Waals surface area contributed by atoms with Gasteiger partial charge in [-0.15, -0.1) is 0 Å². The van der Waals surface area contributed by atoms with Crippen LogP contribution < -0.4 is 0 Å². The molecule has 0 radical (unpaired) electrons. The van der Waals surface area contributed by atoms with Gasteiger partial charge in [0.2, 0.25) is 0 Å². The van der Waals surface area contributed by atoms with Gasteiger partial charge in [0.25, 0.3) is 0 Å². The summed E-state index contributed by atoms with van der Waals surface area (Å²) in [4.78, 5) is 10.6. The van der Waals surface area contributed by atoms with Gasteiger partial charge < -0.3 is 14.6 Å². The summed E-state index contributed by atoms with van der Waals surface area (Å²) in [5.41, 5.74) is 0.276. The van der Waals surface area contributed by atoms with E-state index in [1.165, 1.54) is 12.1 Å². The third-order valence-corrected chi connectivity index (χ3v) is 2.28. The van der Waals surface area contributed by atoms with E-state index in [0.717, 1.165) is 12.5 Å². The summed E-state index contributed by atoms with van der Waals surface area (Å²) < 4.78 is 23.9. The minimum Gasteiger partial charge on any atom is -0.478 e. The van der Waals surface area contributed by atoms with Gasteiger partial charge in [0.05, 0.1) is 25.4 Å². The molecule has 0 atom stereocenters. The number of carboxylic acid groups (broad SMARTS) is 1. The van der Waals surface area contributed by atoms with Gasteiger partial charge in [-0.05, 0) is 18.6 Å². The highest BCUT2D eigenvalue weighted by Crippen LogP contribution is 2.11. The van der Waals surface area contributed by atoms with E-state index in [0.29, 0.717) is 25.4 Å². The minimum absolute atomic E-state index is 0.0671. The summed E-state index contributed by atoms with van der Waals surface area (Å²) in [5.74, 6) is -1.71. The Morgan fingerprint density at radius 2 is 2.00 bits per heavy atom. The molecule has 0 aliphatic heterocycles. The second-order valence-electron chi connectivity index (χ2n) is 3.78. The lowest BCUT2D eigenvalue weighted by molar-refractivity contribution is 0.0399. The Balaban J connectivity index is 2.36. The van der Waals surface area contributed by atoms with Gasteiger partial charge in [0.1, 0.15) is 5.82 Å². The van der Waals surface area contributed by atoms with Crippen molar-refractivity contribution in [2.75, 3.05) is 19.8 Å². The van der Waals surface area contributed by atoms with E-state index in [2.05, 4.69) is 0 Å². The normalized spacial score (nSPS) is 10.6. The van der Waals surface area contributed by atoms with Crippen LogP contribution in [0.4, 0.5) is 4.39 Å². The minimum atomic E-state index is -1.14. The lowest BCUT2D eigenvalue weighted by Gasteiger charge is -2.06. The van der Waals surface area contributed by atoms with Crippen LogP contribution in [0.25, 0.3) is 0 Å². The molecule has 1 aromatic rings. The zero-order valence-electron chi connectivity index (χ0n) is 10.3. The zero-order valence-corrected chi connectivity index (χ0v) is 10.3. The number of rotatable bonds is 8. The number of halogens is 1. The van der Waals surface area contributed by atoms with Crippen molar-refractivity contribution in [3.05, 3.63) is 35.1 Å². The molecule has 5 heteroatoms. The Morgan fingerprint density at radius 3 is 2.61 bits per heavy atom.